The Morgan fingerprint density at radius 2 is 2.00 bits per heavy atom. The largest absolute Gasteiger partial charge is 0.396 e. The Balaban J connectivity index is 2.21. The van der Waals surface area contributed by atoms with Crippen molar-refractivity contribution < 1.29 is 9.90 Å². The van der Waals surface area contributed by atoms with Crippen LogP contribution in [0.2, 0.25) is 0 Å². The van der Waals surface area contributed by atoms with E-state index in [1.807, 2.05) is 48.9 Å². The van der Waals surface area contributed by atoms with Crippen molar-refractivity contribution in [2.75, 3.05) is 6.61 Å². The second-order valence-electron chi connectivity index (χ2n) is 6.07. The summed E-state index contributed by atoms with van der Waals surface area (Å²) in [4.78, 5) is 12.8. The van der Waals surface area contributed by atoms with E-state index < -0.39 is 0 Å². The van der Waals surface area contributed by atoms with E-state index in [1.165, 1.54) is 0 Å². The summed E-state index contributed by atoms with van der Waals surface area (Å²) >= 11 is 0. The lowest BCUT2D eigenvalue weighted by Gasteiger charge is -2.19. The van der Waals surface area contributed by atoms with Crippen LogP contribution in [0.25, 0.3) is 0 Å². The maximum absolute atomic E-state index is 12.8. The molecule has 1 atom stereocenters. The first-order valence-electron chi connectivity index (χ1n) is 8.59. The van der Waals surface area contributed by atoms with Gasteiger partial charge in [-0.1, -0.05) is 37.3 Å². The summed E-state index contributed by atoms with van der Waals surface area (Å²) in [5.41, 5.74) is 3.37. The lowest BCUT2D eigenvalue weighted by Crippen LogP contribution is -2.29. The van der Waals surface area contributed by atoms with Crippen LogP contribution >= 0.6 is 0 Å². The lowest BCUT2D eigenvalue weighted by molar-refractivity contribution is 0.0931. The highest BCUT2D eigenvalue weighted by Crippen LogP contribution is 2.21. The number of aromatic nitrogens is 2. The molecule has 5 heteroatoms. The van der Waals surface area contributed by atoms with Gasteiger partial charge in [-0.25, -0.2) is 0 Å². The minimum Gasteiger partial charge on any atom is -0.396 e. The van der Waals surface area contributed by atoms with Gasteiger partial charge in [-0.15, -0.1) is 0 Å². The number of aryl methyl sites for hydroxylation is 2. The fourth-order valence-corrected chi connectivity index (χ4v) is 2.99. The zero-order valence-electron chi connectivity index (χ0n) is 14.7. The first-order valence-corrected chi connectivity index (χ1v) is 8.59. The van der Waals surface area contributed by atoms with E-state index in [4.69, 9.17) is 5.11 Å². The van der Waals surface area contributed by atoms with Crippen molar-refractivity contribution >= 4 is 5.91 Å². The second kappa shape index (κ2) is 8.64. The van der Waals surface area contributed by atoms with Crippen molar-refractivity contribution in [3.63, 3.8) is 0 Å². The fraction of sp³-hybridized carbons (Fsp3) is 0.474. The molecule has 0 fully saturated rings. The van der Waals surface area contributed by atoms with E-state index in [1.54, 1.807) is 0 Å². The van der Waals surface area contributed by atoms with E-state index in [0.29, 0.717) is 18.4 Å². The SMILES string of the molecule is CCCn1nc(C)c(C(=O)NC(CCCO)c2ccccc2)c1C. The van der Waals surface area contributed by atoms with Crippen LogP contribution in [0.3, 0.4) is 0 Å². The van der Waals surface area contributed by atoms with Gasteiger partial charge in [0.2, 0.25) is 0 Å². The third-order valence-electron chi connectivity index (χ3n) is 4.20. The number of aliphatic hydroxyl groups is 1. The Labute approximate surface area is 143 Å². The first kappa shape index (κ1) is 18.2. The summed E-state index contributed by atoms with van der Waals surface area (Å²) in [5.74, 6) is -0.0980. The van der Waals surface area contributed by atoms with Gasteiger partial charge >= 0.3 is 0 Å². The van der Waals surface area contributed by atoms with E-state index in [2.05, 4.69) is 17.3 Å². The molecule has 0 aliphatic carbocycles. The Morgan fingerprint density at radius 3 is 2.62 bits per heavy atom. The molecule has 1 aromatic heterocycles. The van der Waals surface area contributed by atoms with Crippen LogP contribution in [-0.4, -0.2) is 27.4 Å². The molecule has 0 spiro atoms. The molecule has 0 saturated carbocycles. The van der Waals surface area contributed by atoms with Gasteiger partial charge in [0.25, 0.3) is 5.91 Å². The van der Waals surface area contributed by atoms with Gasteiger partial charge in [-0.05, 0) is 38.7 Å². The van der Waals surface area contributed by atoms with Crippen molar-refractivity contribution in [2.45, 2.75) is 52.6 Å². The third-order valence-corrected chi connectivity index (χ3v) is 4.20. The molecule has 2 N–H and O–H groups in total. The van der Waals surface area contributed by atoms with Gasteiger partial charge in [0, 0.05) is 18.8 Å². The first-order chi connectivity index (χ1) is 11.6. The standard InChI is InChI=1S/C19H27N3O2/c1-4-12-22-15(3)18(14(2)21-22)19(24)20-17(11-8-13-23)16-9-6-5-7-10-16/h5-7,9-10,17,23H,4,8,11-13H2,1-3H3,(H,20,24). The highest BCUT2D eigenvalue weighted by molar-refractivity contribution is 5.96. The van der Waals surface area contributed by atoms with Crippen molar-refractivity contribution in [3.8, 4) is 0 Å². The Morgan fingerprint density at radius 1 is 1.29 bits per heavy atom. The van der Waals surface area contributed by atoms with Crippen molar-refractivity contribution in [3.05, 3.63) is 52.8 Å². The fourth-order valence-electron chi connectivity index (χ4n) is 2.99. The van der Waals surface area contributed by atoms with E-state index >= 15 is 0 Å². The average molecular weight is 329 g/mol. The number of nitrogens with one attached hydrogen (secondary N) is 1. The minimum absolute atomic E-state index is 0.0980. The van der Waals surface area contributed by atoms with Gasteiger partial charge in [-0.2, -0.15) is 5.10 Å². The molecule has 0 saturated heterocycles. The number of amides is 1. The Kier molecular flexibility index (Phi) is 6.55. The molecule has 24 heavy (non-hydrogen) atoms. The summed E-state index contributed by atoms with van der Waals surface area (Å²) in [6, 6.07) is 9.77. The highest BCUT2D eigenvalue weighted by Gasteiger charge is 2.21. The zero-order chi connectivity index (χ0) is 17.5. The molecule has 1 aromatic carbocycles. The van der Waals surface area contributed by atoms with Crippen LogP contribution in [0.4, 0.5) is 0 Å². The smallest absolute Gasteiger partial charge is 0.255 e. The minimum atomic E-state index is -0.112. The Hall–Kier alpha value is -2.14. The molecule has 5 nitrogen and oxygen atoms in total. The number of benzene rings is 1. The topological polar surface area (TPSA) is 67.2 Å². The maximum Gasteiger partial charge on any atom is 0.255 e. The monoisotopic (exact) mass is 329 g/mol. The molecule has 0 radical (unpaired) electrons. The van der Waals surface area contributed by atoms with Crippen LogP contribution in [0.15, 0.2) is 30.3 Å². The molecule has 0 aliphatic heterocycles. The number of hydrogen-bond donors (Lipinski definition) is 2. The molecule has 0 aliphatic rings. The molecule has 1 unspecified atom stereocenters. The summed E-state index contributed by atoms with van der Waals surface area (Å²) < 4.78 is 1.90. The van der Waals surface area contributed by atoms with Gasteiger partial charge in [-0.3, -0.25) is 9.48 Å². The number of carbonyl (C=O) groups is 1. The van der Waals surface area contributed by atoms with Gasteiger partial charge in [0.1, 0.15) is 0 Å². The number of aliphatic hydroxyl groups excluding tert-OH is 1. The molecule has 1 heterocycles. The van der Waals surface area contributed by atoms with Crippen molar-refractivity contribution in [1.82, 2.24) is 15.1 Å². The van der Waals surface area contributed by atoms with E-state index in [0.717, 1.165) is 29.9 Å². The van der Waals surface area contributed by atoms with Crippen molar-refractivity contribution in [1.29, 1.82) is 0 Å². The van der Waals surface area contributed by atoms with E-state index in [9.17, 15) is 4.79 Å². The third kappa shape index (κ3) is 4.23. The molecule has 1 amide bonds. The highest BCUT2D eigenvalue weighted by atomic mass is 16.3. The second-order valence-corrected chi connectivity index (χ2v) is 6.07. The number of nitrogens with zero attached hydrogens (tertiary/aromatic N) is 2. The summed E-state index contributed by atoms with van der Waals surface area (Å²) in [7, 11) is 0. The predicted molar refractivity (Wildman–Crippen MR) is 95.0 cm³/mol. The molecule has 0 bridgehead atoms. The van der Waals surface area contributed by atoms with Gasteiger partial charge in [0.05, 0.1) is 17.3 Å². The average Bonchev–Trinajstić information content (AvgIpc) is 2.86. The lowest BCUT2D eigenvalue weighted by atomic mass is 10.0. The molecule has 2 aromatic rings. The molecule has 2 rings (SSSR count). The van der Waals surface area contributed by atoms with Gasteiger partial charge in [0.15, 0.2) is 0 Å². The number of carbonyl (C=O) groups excluding carboxylic acids is 1. The van der Waals surface area contributed by atoms with Crippen LogP contribution < -0.4 is 5.32 Å². The number of rotatable bonds is 8. The van der Waals surface area contributed by atoms with E-state index in [-0.39, 0.29) is 18.6 Å². The van der Waals surface area contributed by atoms with Gasteiger partial charge < -0.3 is 10.4 Å². The van der Waals surface area contributed by atoms with Crippen molar-refractivity contribution in [2.24, 2.45) is 0 Å². The number of hydrogen-bond acceptors (Lipinski definition) is 3. The maximum atomic E-state index is 12.8. The quantitative estimate of drug-likeness (QED) is 0.782. The summed E-state index contributed by atoms with van der Waals surface area (Å²) in [5, 5.41) is 16.7. The molecule has 130 valence electrons. The normalized spacial score (nSPS) is 12.2. The van der Waals surface area contributed by atoms with Crippen LogP contribution in [0.5, 0.6) is 0 Å². The summed E-state index contributed by atoms with van der Waals surface area (Å²) in [6.45, 7) is 6.84. The van der Waals surface area contributed by atoms with Crippen LogP contribution in [-0.2, 0) is 6.54 Å². The Bertz CT molecular complexity index is 665. The predicted octanol–water partition coefficient (Wildman–Crippen LogP) is 3.15. The molecular weight excluding hydrogens is 302 g/mol. The van der Waals surface area contributed by atoms with Crippen LogP contribution in [0, 0.1) is 13.8 Å². The van der Waals surface area contributed by atoms with Crippen LogP contribution in [0.1, 0.15) is 59.5 Å². The zero-order valence-corrected chi connectivity index (χ0v) is 14.7. The summed E-state index contributed by atoms with van der Waals surface area (Å²) in [6.07, 6.45) is 2.33. The molecular formula is C19H27N3O2.